The average molecular weight is 309 g/mol. The first kappa shape index (κ1) is 15.7. The van der Waals surface area contributed by atoms with Gasteiger partial charge in [-0.2, -0.15) is 0 Å². The second-order valence-electron chi connectivity index (χ2n) is 5.01. The minimum Gasteiger partial charge on any atom is -0.360 e. The normalized spacial score (nSPS) is 11.8. The molecule has 0 amide bonds. The van der Waals surface area contributed by atoms with E-state index in [4.69, 9.17) is 10.3 Å². The lowest BCUT2D eigenvalue weighted by atomic mass is 10.1. The minimum atomic E-state index is -3.62. The van der Waals surface area contributed by atoms with E-state index in [2.05, 4.69) is 9.88 Å². The van der Waals surface area contributed by atoms with E-state index < -0.39 is 10.0 Å². The van der Waals surface area contributed by atoms with E-state index >= 15 is 0 Å². The molecule has 21 heavy (non-hydrogen) atoms. The number of nitrogens with two attached hydrogens (primary N) is 1. The molecule has 0 unspecified atom stereocenters. The molecule has 1 heterocycles. The van der Waals surface area contributed by atoms with Gasteiger partial charge in [0.2, 0.25) is 10.0 Å². The second-order valence-corrected chi connectivity index (χ2v) is 6.74. The molecule has 2 aromatic rings. The van der Waals surface area contributed by atoms with Crippen LogP contribution in [0.25, 0.3) is 0 Å². The highest BCUT2D eigenvalue weighted by Crippen LogP contribution is 2.20. The number of sulfonamides is 1. The Labute approximate surface area is 124 Å². The van der Waals surface area contributed by atoms with Crippen molar-refractivity contribution < 1.29 is 12.9 Å². The van der Waals surface area contributed by atoms with Gasteiger partial charge in [-0.1, -0.05) is 11.2 Å². The highest BCUT2D eigenvalue weighted by Gasteiger charge is 2.19. The van der Waals surface area contributed by atoms with Crippen LogP contribution in [0, 0.1) is 20.8 Å². The highest BCUT2D eigenvalue weighted by atomic mass is 32.2. The van der Waals surface area contributed by atoms with E-state index in [1.54, 1.807) is 26.0 Å². The zero-order valence-corrected chi connectivity index (χ0v) is 13.1. The molecule has 0 radical (unpaired) electrons. The van der Waals surface area contributed by atoms with Crippen LogP contribution in [0.5, 0.6) is 0 Å². The summed E-state index contributed by atoms with van der Waals surface area (Å²) >= 11 is 0. The van der Waals surface area contributed by atoms with Gasteiger partial charge in [0.15, 0.2) is 5.76 Å². The third-order valence-electron chi connectivity index (χ3n) is 3.26. The Hall–Kier alpha value is -1.70. The number of benzene rings is 1. The highest BCUT2D eigenvalue weighted by molar-refractivity contribution is 7.89. The molecule has 0 atom stereocenters. The zero-order valence-electron chi connectivity index (χ0n) is 12.3. The van der Waals surface area contributed by atoms with E-state index in [0.717, 1.165) is 11.1 Å². The molecule has 0 spiro atoms. The topological polar surface area (TPSA) is 98.2 Å². The van der Waals surface area contributed by atoms with E-state index in [1.807, 2.05) is 13.0 Å². The summed E-state index contributed by atoms with van der Waals surface area (Å²) in [6.07, 6.45) is 0. The van der Waals surface area contributed by atoms with Gasteiger partial charge in [0.05, 0.1) is 17.1 Å². The summed E-state index contributed by atoms with van der Waals surface area (Å²) in [4.78, 5) is 0.241. The van der Waals surface area contributed by atoms with Crippen molar-refractivity contribution in [3.63, 3.8) is 0 Å². The van der Waals surface area contributed by atoms with Gasteiger partial charge >= 0.3 is 0 Å². The summed E-state index contributed by atoms with van der Waals surface area (Å²) in [6.45, 7) is 5.82. The zero-order chi connectivity index (χ0) is 15.6. The molecule has 3 N–H and O–H groups in total. The molecule has 1 aromatic heterocycles. The van der Waals surface area contributed by atoms with Crippen LogP contribution in [0.15, 0.2) is 27.6 Å². The summed E-state index contributed by atoms with van der Waals surface area (Å²) in [5.74, 6) is 0.472. The second kappa shape index (κ2) is 5.97. The molecular formula is C14H19N3O3S. The van der Waals surface area contributed by atoms with E-state index in [9.17, 15) is 8.42 Å². The van der Waals surface area contributed by atoms with Gasteiger partial charge in [-0.25, -0.2) is 13.1 Å². The van der Waals surface area contributed by atoms with Crippen molar-refractivity contribution >= 4 is 10.0 Å². The van der Waals surface area contributed by atoms with Crippen molar-refractivity contribution in [2.24, 2.45) is 5.73 Å². The fraction of sp³-hybridized carbons (Fsp3) is 0.357. The van der Waals surface area contributed by atoms with Crippen LogP contribution >= 0.6 is 0 Å². The number of rotatable bonds is 5. The molecule has 7 heteroatoms. The maximum Gasteiger partial charge on any atom is 0.241 e. The molecule has 2 rings (SSSR count). The molecule has 0 saturated carbocycles. The quantitative estimate of drug-likeness (QED) is 0.873. The Morgan fingerprint density at radius 2 is 1.90 bits per heavy atom. The van der Waals surface area contributed by atoms with Crippen molar-refractivity contribution in [2.75, 3.05) is 0 Å². The number of aryl methyl sites for hydroxylation is 3. The van der Waals surface area contributed by atoms with Gasteiger partial charge in [-0.15, -0.1) is 0 Å². The minimum absolute atomic E-state index is 0.0639. The van der Waals surface area contributed by atoms with Gasteiger partial charge in [0, 0.05) is 12.6 Å². The molecule has 0 saturated heterocycles. The van der Waals surface area contributed by atoms with Crippen LogP contribution in [0.1, 0.15) is 28.1 Å². The molecule has 0 aliphatic carbocycles. The van der Waals surface area contributed by atoms with Gasteiger partial charge in [0.25, 0.3) is 0 Å². The summed E-state index contributed by atoms with van der Waals surface area (Å²) in [7, 11) is -3.62. The lowest BCUT2D eigenvalue weighted by Gasteiger charge is -2.12. The smallest absolute Gasteiger partial charge is 0.241 e. The van der Waals surface area contributed by atoms with Gasteiger partial charge in [-0.05, 0) is 43.5 Å². The predicted molar refractivity (Wildman–Crippen MR) is 79.1 cm³/mol. The monoisotopic (exact) mass is 309 g/mol. The van der Waals surface area contributed by atoms with Gasteiger partial charge in [-0.3, -0.25) is 0 Å². The number of nitrogens with zero attached hydrogens (tertiary/aromatic N) is 1. The van der Waals surface area contributed by atoms with Crippen LogP contribution < -0.4 is 10.5 Å². The van der Waals surface area contributed by atoms with E-state index in [0.29, 0.717) is 23.6 Å². The maximum absolute atomic E-state index is 12.4. The van der Waals surface area contributed by atoms with Crippen LogP contribution in [0.3, 0.4) is 0 Å². The summed E-state index contributed by atoms with van der Waals surface area (Å²) in [5.41, 5.74) is 8.84. The third kappa shape index (κ3) is 3.49. The Kier molecular flexibility index (Phi) is 4.46. The summed E-state index contributed by atoms with van der Waals surface area (Å²) in [5, 5.41) is 3.72. The number of aromatic nitrogens is 1. The molecule has 6 nitrogen and oxygen atoms in total. The Balaban J connectivity index is 2.27. The van der Waals surface area contributed by atoms with Crippen molar-refractivity contribution in [1.82, 2.24) is 9.88 Å². The van der Waals surface area contributed by atoms with Crippen molar-refractivity contribution in [3.05, 3.63) is 46.3 Å². The van der Waals surface area contributed by atoms with Crippen molar-refractivity contribution in [3.8, 4) is 0 Å². The van der Waals surface area contributed by atoms with Gasteiger partial charge < -0.3 is 10.3 Å². The molecule has 1 aromatic carbocycles. The first-order valence-corrected chi connectivity index (χ1v) is 8.04. The predicted octanol–water partition coefficient (Wildman–Crippen LogP) is 1.54. The van der Waals surface area contributed by atoms with Crippen LogP contribution in [-0.4, -0.2) is 13.6 Å². The molecule has 114 valence electrons. The van der Waals surface area contributed by atoms with Crippen LogP contribution in [-0.2, 0) is 23.1 Å². The number of nitrogens with one attached hydrogen (secondary N) is 1. The largest absolute Gasteiger partial charge is 0.360 e. The van der Waals surface area contributed by atoms with Crippen LogP contribution in [0.4, 0.5) is 0 Å². The SMILES string of the molecule is Cc1cc(CNS(=O)(=O)c2cc(CN)c(C)cc2C)on1. The van der Waals surface area contributed by atoms with E-state index in [1.165, 1.54) is 0 Å². The first-order valence-electron chi connectivity index (χ1n) is 6.55. The Morgan fingerprint density at radius 1 is 1.19 bits per heavy atom. The third-order valence-corrected chi connectivity index (χ3v) is 4.80. The lowest BCUT2D eigenvalue weighted by molar-refractivity contribution is 0.377. The first-order chi connectivity index (χ1) is 9.83. The Bertz CT molecular complexity index is 751. The summed E-state index contributed by atoms with van der Waals surface area (Å²) in [6, 6.07) is 5.14. The van der Waals surface area contributed by atoms with Crippen LogP contribution in [0.2, 0.25) is 0 Å². The number of hydrogen-bond donors (Lipinski definition) is 2. The molecular weight excluding hydrogens is 290 g/mol. The molecule has 0 aliphatic heterocycles. The average Bonchev–Trinajstić information content (AvgIpc) is 2.82. The number of hydrogen-bond acceptors (Lipinski definition) is 5. The standard InChI is InChI=1S/C14H19N3O3S/c1-9-4-10(2)14(6-12(9)7-15)21(18,19)16-8-13-5-11(3)17-20-13/h4-6,16H,7-8,15H2,1-3H3. The molecule has 0 aliphatic rings. The fourth-order valence-electron chi connectivity index (χ4n) is 2.13. The van der Waals surface area contributed by atoms with E-state index in [-0.39, 0.29) is 11.4 Å². The lowest BCUT2D eigenvalue weighted by Crippen LogP contribution is -2.24. The Morgan fingerprint density at radius 3 is 2.48 bits per heavy atom. The molecule has 0 bridgehead atoms. The van der Waals surface area contributed by atoms with Crippen molar-refractivity contribution in [1.29, 1.82) is 0 Å². The fourth-order valence-corrected chi connectivity index (χ4v) is 3.40. The maximum atomic E-state index is 12.4. The summed E-state index contributed by atoms with van der Waals surface area (Å²) < 4.78 is 32.3. The van der Waals surface area contributed by atoms with Crippen molar-refractivity contribution in [2.45, 2.75) is 38.8 Å². The van der Waals surface area contributed by atoms with Gasteiger partial charge in [0.1, 0.15) is 0 Å². The molecule has 0 fully saturated rings.